The normalized spacial score (nSPS) is 31.3. The summed E-state index contributed by atoms with van der Waals surface area (Å²) < 4.78 is 0. The highest BCUT2D eigenvalue weighted by Crippen LogP contribution is 2.28. The molecule has 0 spiro atoms. The minimum atomic E-state index is -0.652. The molecule has 2 atom stereocenters. The number of aliphatic carboxylic acids is 1. The van der Waals surface area contributed by atoms with Gasteiger partial charge in [0.05, 0.1) is 5.92 Å². The highest BCUT2D eigenvalue weighted by atomic mass is 16.4. The van der Waals surface area contributed by atoms with E-state index in [-0.39, 0.29) is 5.92 Å². The van der Waals surface area contributed by atoms with Gasteiger partial charge in [-0.25, -0.2) is 0 Å². The molecule has 0 radical (unpaired) electrons. The number of carbonyl (C=O) groups is 1. The molecule has 1 aliphatic rings. The minimum absolute atomic E-state index is 0.154. The summed E-state index contributed by atoms with van der Waals surface area (Å²) in [5.41, 5.74) is 1.33. The summed E-state index contributed by atoms with van der Waals surface area (Å²) in [6, 6.07) is 0. The Kier molecular flexibility index (Phi) is 2.32. The van der Waals surface area contributed by atoms with E-state index < -0.39 is 5.97 Å². The lowest BCUT2D eigenvalue weighted by Crippen LogP contribution is -2.23. The van der Waals surface area contributed by atoms with Gasteiger partial charge in [0.25, 0.3) is 0 Å². The maximum Gasteiger partial charge on any atom is 0.307 e. The van der Waals surface area contributed by atoms with Gasteiger partial charge in [-0.15, -0.1) is 0 Å². The Morgan fingerprint density at radius 1 is 1.73 bits per heavy atom. The van der Waals surface area contributed by atoms with Gasteiger partial charge < -0.3 is 5.11 Å². The predicted molar refractivity (Wildman–Crippen MR) is 43.3 cm³/mol. The van der Waals surface area contributed by atoms with Gasteiger partial charge in [-0.1, -0.05) is 18.6 Å². The third-order valence-electron chi connectivity index (χ3n) is 2.37. The van der Waals surface area contributed by atoms with Gasteiger partial charge in [0, 0.05) is 0 Å². The van der Waals surface area contributed by atoms with E-state index in [0.717, 1.165) is 6.42 Å². The number of carboxylic acid groups (broad SMARTS) is 1. The first-order valence-corrected chi connectivity index (χ1v) is 3.99. The molecule has 0 aliphatic heterocycles. The van der Waals surface area contributed by atoms with Crippen LogP contribution < -0.4 is 0 Å². The molecule has 11 heavy (non-hydrogen) atoms. The van der Waals surface area contributed by atoms with E-state index in [2.05, 4.69) is 6.92 Å². The van der Waals surface area contributed by atoms with Crippen LogP contribution in [0, 0.1) is 11.8 Å². The van der Waals surface area contributed by atoms with Crippen LogP contribution in [-0.4, -0.2) is 11.1 Å². The molecule has 0 unspecified atom stereocenters. The third kappa shape index (κ3) is 1.82. The summed E-state index contributed by atoms with van der Waals surface area (Å²) in [5, 5.41) is 8.77. The van der Waals surface area contributed by atoms with E-state index in [1.54, 1.807) is 0 Å². The molecule has 0 aromatic heterocycles. The molecule has 2 heteroatoms. The Bertz CT molecular complexity index is 194. The molecule has 1 aliphatic carbocycles. The zero-order valence-electron chi connectivity index (χ0n) is 7.00. The van der Waals surface area contributed by atoms with E-state index in [9.17, 15) is 4.79 Å². The third-order valence-corrected chi connectivity index (χ3v) is 2.37. The standard InChI is InChI=1S/C9H14O2/c1-6-3-4-8(9(10)11)7(2)5-6/h3,7-8H,4-5H2,1-2H3,(H,10,11)/t7-,8-/m1/s1. The van der Waals surface area contributed by atoms with Crippen molar-refractivity contribution in [1.29, 1.82) is 0 Å². The fourth-order valence-corrected chi connectivity index (χ4v) is 1.64. The van der Waals surface area contributed by atoms with Crippen LogP contribution >= 0.6 is 0 Å². The second-order valence-electron chi connectivity index (χ2n) is 3.41. The van der Waals surface area contributed by atoms with Crippen LogP contribution in [0.4, 0.5) is 0 Å². The van der Waals surface area contributed by atoms with Crippen LogP contribution in [0.1, 0.15) is 26.7 Å². The SMILES string of the molecule is CC1=CC[C@@H](C(=O)O)[C@H](C)C1. The smallest absolute Gasteiger partial charge is 0.307 e. The Labute approximate surface area is 66.9 Å². The monoisotopic (exact) mass is 154 g/mol. The molecule has 0 amide bonds. The molecule has 1 N–H and O–H groups in total. The molecule has 0 aromatic carbocycles. The molecule has 0 saturated heterocycles. The van der Waals surface area contributed by atoms with E-state index in [0.29, 0.717) is 12.3 Å². The predicted octanol–water partition coefficient (Wildman–Crippen LogP) is 2.06. The highest BCUT2D eigenvalue weighted by molar-refractivity contribution is 5.70. The van der Waals surface area contributed by atoms with Gasteiger partial charge in [-0.05, 0) is 25.7 Å². The molecular weight excluding hydrogens is 140 g/mol. The first-order chi connectivity index (χ1) is 5.11. The average Bonchev–Trinajstić information content (AvgIpc) is 1.85. The molecular formula is C9H14O2. The summed E-state index contributed by atoms with van der Waals surface area (Å²) in [4.78, 5) is 10.6. The fourth-order valence-electron chi connectivity index (χ4n) is 1.64. The van der Waals surface area contributed by atoms with E-state index in [4.69, 9.17) is 5.11 Å². The second-order valence-corrected chi connectivity index (χ2v) is 3.41. The Morgan fingerprint density at radius 3 is 2.82 bits per heavy atom. The lowest BCUT2D eigenvalue weighted by molar-refractivity contribution is -0.143. The molecule has 0 fully saturated rings. The summed E-state index contributed by atoms with van der Waals surface area (Å²) in [6.45, 7) is 4.07. The van der Waals surface area contributed by atoms with Gasteiger partial charge >= 0.3 is 5.97 Å². The molecule has 62 valence electrons. The van der Waals surface area contributed by atoms with Crippen LogP contribution in [0.3, 0.4) is 0 Å². The summed E-state index contributed by atoms with van der Waals surface area (Å²) >= 11 is 0. The Morgan fingerprint density at radius 2 is 2.36 bits per heavy atom. The Balaban J connectivity index is 2.65. The summed E-state index contributed by atoms with van der Waals surface area (Å²) in [5.74, 6) is -0.502. The van der Waals surface area contributed by atoms with Gasteiger partial charge in [0.2, 0.25) is 0 Å². The second kappa shape index (κ2) is 3.07. The maximum atomic E-state index is 10.6. The molecule has 0 heterocycles. The van der Waals surface area contributed by atoms with E-state index in [1.807, 2.05) is 13.0 Å². The average molecular weight is 154 g/mol. The highest BCUT2D eigenvalue weighted by Gasteiger charge is 2.26. The van der Waals surface area contributed by atoms with Crippen molar-refractivity contribution in [2.75, 3.05) is 0 Å². The number of allylic oxidation sites excluding steroid dienone is 2. The quantitative estimate of drug-likeness (QED) is 0.587. The van der Waals surface area contributed by atoms with Gasteiger partial charge in [0.1, 0.15) is 0 Å². The number of rotatable bonds is 1. The van der Waals surface area contributed by atoms with Crippen LogP contribution in [0.5, 0.6) is 0 Å². The summed E-state index contributed by atoms with van der Waals surface area (Å²) in [7, 11) is 0. The van der Waals surface area contributed by atoms with Crippen molar-refractivity contribution in [3.8, 4) is 0 Å². The van der Waals surface area contributed by atoms with Crippen LogP contribution in [-0.2, 0) is 4.79 Å². The van der Waals surface area contributed by atoms with Crippen molar-refractivity contribution in [1.82, 2.24) is 0 Å². The van der Waals surface area contributed by atoms with Gasteiger partial charge in [0.15, 0.2) is 0 Å². The van der Waals surface area contributed by atoms with E-state index in [1.165, 1.54) is 5.57 Å². The Hall–Kier alpha value is -0.790. The fraction of sp³-hybridized carbons (Fsp3) is 0.667. The van der Waals surface area contributed by atoms with Crippen molar-refractivity contribution in [2.45, 2.75) is 26.7 Å². The zero-order valence-corrected chi connectivity index (χ0v) is 7.00. The number of carboxylic acids is 1. The maximum absolute atomic E-state index is 10.6. The van der Waals surface area contributed by atoms with Crippen LogP contribution in [0.2, 0.25) is 0 Å². The molecule has 0 bridgehead atoms. The van der Waals surface area contributed by atoms with Crippen molar-refractivity contribution in [3.63, 3.8) is 0 Å². The minimum Gasteiger partial charge on any atom is -0.481 e. The van der Waals surface area contributed by atoms with E-state index >= 15 is 0 Å². The molecule has 0 saturated carbocycles. The van der Waals surface area contributed by atoms with Gasteiger partial charge in [-0.3, -0.25) is 4.79 Å². The first kappa shape index (κ1) is 8.31. The van der Waals surface area contributed by atoms with Crippen molar-refractivity contribution < 1.29 is 9.90 Å². The molecule has 2 nitrogen and oxygen atoms in total. The van der Waals surface area contributed by atoms with Crippen LogP contribution in [0.25, 0.3) is 0 Å². The first-order valence-electron chi connectivity index (χ1n) is 3.99. The zero-order chi connectivity index (χ0) is 8.43. The largest absolute Gasteiger partial charge is 0.481 e. The van der Waals surface area contributed by atoms with Crippen molar-refractivity contribution in [3.05, 3.63) is 11.6 Å². The van der Waals surface area contributed by atoms with Crippen LogP contribution in [0.15, 0.2) is 11.6 Å². The lowest BCUT2D eigenvalue weighted by atomic mass is 9.81. The lowest BCUT2D eigenvalue weighted by Gasteiger charge is -2.23. The van der Waals surface area contributed by atoms with Crippen molar-refractivity contribution in [2.24, 2.45) is 11.8 Å². The molecule has 0 aromatic rings. The van der Waals surface area contributed by atoms with Crippen molar-refractivity contribution >= 4 is 5.97 Å². The van der Waals surface area contributed by atoms with Gasteiger partial charge in [-0.2, -0.15) is 0 Å². The number of hydrogen-bond donors (Lipinski definition) is 1. The summed E-state index contributed by atoms with van der Waals surface area (Å²) in [6.07, 6.45) is 3.69. The molecule has 1 rings (SSSR count). The number of hydrogen-bond acceptors (Lipinski definition) is 1. The topological polar surface area (TPSA) is 37.3 Å².